The number of carbonyl (C=O) groups excluding carboxylic acids is 1. The van der Waals surface area contributed by atoms with Gasteiger partial charge >= 0.3 is 0 Å². The van der Waals surface area contributed by atoms with Crippen molar-refractivity contribution in [2.75, 3.05) is 20.2 Å². The molecule has 1 saturated heterocycles. The number of nitrogens with zero attached hydrogens (tertiary/aromatic N) is 1. The molecule has 2 rings (SSSR count). The van der Waals surface area contributed by atoms with Gasteiger partial charge in [0.05, 0.1) is 13.2 Å². The highest BCUT2D eigenvalue weighted by Crippen LogP contribution is 2.22. The van der Waals surface area contributed by atoms with Crippen LogP contribution in [0, 0.1) is 5.82 Å². The molecule has 5 heteroatoms. The van der Waals surface area contributed by atoms with Crippen LogP contribution >= 0.6 is 0 Å². The van der Waals surface area contributed by atoms with Gasteiger partial charge in [0.2, 0.25) is 5.91 Å². The standard InChI is InChI=1S/C16H23FN2O2/c1-11(13-6-7-15(21-3)14(17)10-13)18-12(2)16(20)19-8-4-5-9-19/h6-7,10-12,18H,4-5,8-9H2,1-3H3. The van der Waals surface area contributed by atoms with Gasteiger partial charge in [-0.2, -0.15) is 0 Å². The van der Waals surface area contributed by atoms with Gasteiger partial charge in [0.15, 0.2) is 11.6 Å². The summed E-state index contributed by atoms with van der Waals surface area (Å²) in [5.74, 6) is -0.0392. The van der Waals surface area contributed by atoms with Gasteiger partial charge in [-0.25, -0.2) is 4.39 Å². The Labute approximate surface area is 125 Å². The molecule has 0 radical (unpaired) electrons. The Morgan fingerprint density at radius 2 is 2.00 bits per heavy atom. The van der Waals surface area contributed by atoms with E-state index < -0.39 is 0 Å². The zero-order valence-electron chi connectivity index (χ0n) is 12.9. The van der Waals surface area contributed by atoms with E-state index in [2.05, 4.69) is 5.32 Å². The number of benzene rings is 1. The molecule has 2 atom stereocenters. The van der Waals surface area contributed by atoms with Gasteiger partial charge in [-0.05, 0) is 44.4 Å². The van der Waals surface area contributed by atoms with Crippen molar-refractivity contribution in [1.29, 1.82) is 0 Å². The molecule has 1 aliphatic rings. The van der Waals surface area contributed by atoms with Crippen LogP contribution in [0.1, 0.15) is 38.3 Å². The molecular weight excluding hydrogens is 271 g/mol. The third kappa shape index (κ3) is 3.73. The minimum Gasteiger partial charge on any atom is -0.494 e. The molecule has 1 fully saturated rings. The second-order valence-corrected chi connectivity index (χ2v) is 5.54. The van der Waals surface area contributed by atoms with Crippen molar-refractivity contribution in [3.05, 3.63) is 29.6 Å². The van der Waals surface area contributed by atoms with Gasteiger partial charge in [0, 0.05) is 19.1 Å². The Balaban J connectivity index is 1.98. The second kappa shape index (κ2) is 6.89. The smallest absolute Gasteiger partial charge is 0.239 e. The Hall–Kier alpha value is -1.62. The maximum absolute atomic E-state index is 13.7. The van der Waals surface area contributed by atoms with Gasteiger partial charge in [-0.3, -0.25) is 10.1 Å². The van der Waals surface area contributed by atoms with Crippen molar-refractivity contribution in [3.8, 4) is 5.75 Å². The summed E-state index contributed by atoms with van der Waals surface area (Å²) in [6.07, 6.45) is 2.16. The monoisotopic (exact) mass is 294 g/mol. The van der Waals surface area contributed by atoms with Gasteiger partial charge in [0.25, 0.3) is 0 Å². The number of hydrogen-bond donors (Lipinski definition) is 1. The lowest BCUT2D eigenvalue weighted by Gasteiger charge is -2.24. The molecule has 1 aromatic rings. The number of halogens is 1. The number of methoxy groups -OCH3 is 1. The van der Waals surface area contributed by atoms with E-state index in [-0.39, 0.29) is 29.6 Å². The predicted octanol–water partition coefficient (Wildman–Crippen LogP) is 2.50. The first-order valence-corrected chi connectivity index (χ1v) is 7.41. The van der Waals surface area contributed by atoms with Crippen molar-refractivity contribution in [2.45, 2.75) is 38.8 Å². The predicted molar refractivity (Wildman–Crippen MR) is 79.8 cm³/mol. The van der Waals surface area contributed by atoms with Crippen molar-refractivity contribution >= 4 is 5.91 Å². The molecule has 0 aromatic heterocycles. The van der Waals surface area contributed by atoms with Gasteiger partial charge < -0.3 is 9.64 Å². The number of rotatable bonds is 5. The van der Waals surface area contributed by atoms with Gasteiger partial charge in [-0.1, -0.05) is 6.07 Å². The summed E-state index contributed by atoms with van der Waals surface area (Å²) in [6.45, 7) is 5.47. The fourth-order valence-corrected chi connectivity index (χ4v) is 2.71. The Kier molecular flexibility index (Phi) is 5.17. The van der Waals surface area contributed by atoms with E-state index in [1.807, 2.05) is 24.8 Å². The summed E-state index contributed by atoms with van der Waals surface area (Å²) in [4.78, 5) is 14.1. The molecule has 1 N–H and O–H groups in total. The third-order valence-electron chi connectivity index (χ3n) is 3.96. The molecule has 1 amide bonds. The van der Waals surface area contributed by atoms with E-state index in [0.29, 0.717) is 0 Å². The number of nitrogens with one attached hydrogen (secondary N) is 1. The average Bonchev–Trinajstić information content (AvgIpc) is 3.00. The number of amides is 1. The number of ether oxygens (including phenoxy) is 1. The van der Waals surface area contributed by atoms with Crippen LogP contribution in [0.5, 0.6) is 5.75 Å². The highest BCUT2D eigenvalue weighted by molar-refractivity contribution is 5.81. The van der Waals surface area contributed by atoms with Crippen molar-refractivity contribution in [2.24, 2.45) is 0 Å². The quantitative estimate of drug-likeness (QED) is 0.907. The van der Waals surface area contributed by atoms with E-state index in [1.54, 1.807) is 6.07 Å². The highest BCUT2D eigenvalue weighted by atomic mass is 19.1. The van der Waals surface area contributed by atoms with Crippen LogP contribution in [0.3, 0.4) is 0 Å². The molecule has 0 saturated carbocycles. The summed E-state index contributed by atoms with van der Waals surface area (Å²) in [5.41, 5.74) is 0.800. The zero-order valence-corrected chi connectivity index (χ0v) is 12.9. The fraction of sp³-hybridized carbons (Fsp3) is 0.562. The summed E-state index contributed by atoms with van der Waals surface area (Å²) in [5, 5.41) is 3.24. The average molecular weight is 294 g/mol. The van der Waals surface area contributed by atoms with Crippen LogP contribution in [-0.4, -0.2) is 37.0 Å². The van der Waals surface area contributed by atoms with E-state index in [4.69, 9.17) is 4.74 Å². The lowest BCUT2D eigenvalue weighted by molar-refractivity contribution is -0.132. The Morgan fingerprint density at radius 3 is 2.57 bits per heavy atom. The van der Waals surface area contributed by atoms with E-state index >= 15 is 0 Å². The molecule has 21 heavy (non-hydrogen) atoms. The van der Waals surface area contributed by atoms with E-state index in [1.165, 1.54) is 13.2 Å². The Bertz CT molecular complexity index is 501. The zero-order chi connectivity index (χ0) is 15.4. The normalized spacial score (nSPS) is 17.6. The Morgan fingerprint density at radius 1 is 1.33 bits per heavy atom. The maximum atomic E-state index is 13.7. The van der Waals surface area contributed by atoms with Gasteiger partial charge in [0.1, 0.15) is 0 Å². The van der Waals surface area contributed by atoms with Crippen LogP contribution in [0.15, 0.2) is 18.2 Å². The van der Waals surface area contributed by atoms with Crippen molar-refractivity contribution < 1.29 is 13.9 Å². The van der Waals surface area contributed by atoms with Crippen LogP contribution in [0.4, 0.5) is 4.39 Å². The van der Waals surface area contributed by atoms with E-state index in [0.717, 1.165) is 31.5 Å². The summed E-state index contributed by atoms with van der Waals surface area (Å²) in [7, 11) is 1.44. The first-order valence-electron chi connectivity index (χ1n) is 7.41. The third-order valence-corrected chi connectivity index (χ3v) is 3.96. The fourth-order valence-electron chi connectivity index (χ4n) is 2.71. The highest BCUT2D eigenvalue weighted by Gasteiger charge is 2.24. The number of hydrogen-bond acceptors (Lipinski definition) is 3. The lowest BCUT2D eigenvalue weighted by Crippen LogP contribution is -2.44. The topological polar surface area (TPSA) is 41.6 Å². The largest absolute Gasteiger partial charge is 0.494 e. The SMILES string of the molecule is COc1ccc(C(C)NC(C)C(=O)N2CCCC2)cc1F. The summed E-state index contributed by atoms with van der Waals surface area (Å²) in [6, 6.07) is 4.49. The molecule has 0 bridgehead atoms. The van der Waals surface area contributed by atoms with Gasteiger partial charge in [-0.15, -0.1) is 0 Å². The molecule has 2 unspecified atom stereocenters. The van der Waals surface area contributed by atoms with Crippen LogP contribution in [-0.2, 0) is 4.79 Å². The molecule has 4 nitrogen and oxygen atoms in total. The minimum atomic E-state index is -0.387. The summed E-state index contributed by atoms with van der Waals surface area (Å²) < 4.78 is 18.6. The molecule has 1 aliphatic heterocycles. The van der Waals surface area contributed by atoms with Crippen molar-refractivity contribution in [3.63, 3.8) is 0 Å². The summed E-state index contributed by atoms with van der Waals surface area (Å²) >= 11 is 0. The molecule has 1 heterocycles. The van der Waals surface area contributed by atoms with Crippen LogP contribution in [0.2, 0.25) is 0 Å². The minimum absolute atomic E-state index is 0.105. The van der Waals surface area contributed by atoms with Crippen molar-refractivity contribution in [1.82, 2.24) is 10.2 Å². The van der Waals surface area contributed by atoms with Crippen LogP contribution < -0.4 is 10.1 Å². The molecule has 0 aliphatic carbocycles. The first-order chi connectivity index (χ1) is 10.0. The molecule has 116 valence electrons. The molecular formula is C16H23FN2O2. The van der Waals surface area contributed by atoms with Crippen LogP contribution in [0.25, 0.3) is 0 Å². The van der Waals surface area contributed by atoms with E-state index in [9.17, 15) is 9.18 Å². The first kappa shape index (κ1) is 15.8. The molecule has 0 spiro atoms. The molecule has 1 aromatic carbocycles. The second-order valence-electron chi connectivity index (χ2n) is 5.54. The maximum Gasteiger partial charge on any atom is 0.239 e. The number of likely N-dealkylation sites (tertiary alicyclic amines) is 1. The number of carbonyl (C=O) groups is 1. The lowest BCUT2D eigenvalue weighted by atomic mass is 10.1.